The summed E-state index contributed by atoms with van der Waals surface area (Å²) in [5.74, 6) is 0. The lowest BCUT2D eigenvalue weighted by molar-refractivity contribution is -0.00000482. The van der Waals surface area contributed by atoms with Gasteiger partial charge in [-0.1, -0.05) is 30.3 Å². The molecule has 5 heteroatoms. The number of diazo groups is 1. The molecule has 5 rings (SSSR count). The maximum Gasteiger partial charge on any atom is 0.387 e. The predicted molar refractivity (Wildman–Crippen MR) is 97.5 cm³/mol. The van der Waals surface area contributed by atoms with Crippen molar-refractivity contribution in [2.75, 3.05) is 11.9 Å². The molecule has 0 radical (unpaired) electrons. The fourth-order valence-corrected chi connectivity index (χ4v) is 3.66. The summed E-state index contributed by atoms with van der Waals surface area (Å²) in [4.78, 5) is 10.4. The number of rotatable bonds is 0. The molecule has 0 aliphatic carbocycles. The molecule has 4 aromatic rings. The largest absolute Gasteiger partial charge is 1.00 e. The van der Waals surface area contributed by atoms with E-state index in [0.717, 1.165) is 33.5 Å². The summed E-state index contributed by atoms with van der Waals surface area (Å²) >= 11 is 0. The molecule has 0 fully saturated rings. The van der Waals surface area contributed by atoms with Gasteiger partial charge in [-0.3, -0.25) is 0 Å². The number of fused-ring (bicyclic) bond motifs is 4. The van der Waals surface area contributed by atoms with Crippen molar-refractivity contribution in [2.45, 2.75) is 0 Å². The van der Waals surface area contributed by atoms with Crippen LogP contribution in [-0.2, 0) is 0 Å². The van der Waals surface area contributed by atoms with Gasteiger partial charge in [-0.15, -0.1) is 0 Å². The highest BCUT2D eigenvalue weighted by molar-refractivity contribution is 6.19. The second-order valence-corrected chi connectivity index (χ2v) is 6.04. The predicted octanol–water partition coefficient (Wildman–Crippen LogP) is 2.62. The number of hydrogen-bond donors (Lipinski definition) is 0. The molecule has 0 unspecified atom stereocenters. The summed E-state index contributed by atoms with van der Waals surface area (Å²) < 4.78 is 0. The zero-order valence-corrected chi connectivity index (χ0v) is 14.2. The Bertz CT molecular complexity index is 1190. The Hall–Kier alpha value is -3.16. The van der Waals surface area contributed by atoms with Gasteiger partial charge in [0.25, 0.3) is 0 Å². The minimum atomic E-state index is 0. The van der Waals surface area contributed by atoms with Crippen molar-refractivity contribution in [3.05, 3.63) is 65.6 Å². The number of aromatic nitrogens is 1. The van der Waals surface area contributed by atoms with Gasteiger partial charge in [-0.2, -0.15) is 0 Å². The van der Waals surface area contributed by atoms with Crippen LogP contribution < -0.4 is 17.3 Å². The van der Waals surface area contributed by atoms with Crippen molar-refractivity contribution in [3.63, 3.8) is 0 Å². The van der Waals surface area contributed by atoms with Crippen LogP contribution in [0.2, 0.25) is 0 Å². The second kappa shape index (κ2) is 5.44. The highest BCUT2D eigenvalue weighted by atomic mass is 35.5. The van der Waals surface area contributed by atoms with Crippen LogP contribution in [0, 0.1) is 5.39 Å². The number of benzene rings is 3. The number of halogens is 1. The van der Waals surface area contributed by atoms with Crippen LogP contribution in [0.15, 0.2) is 60.7 Å². The average Bonchev–Trinajstić information content (AvgIpc) is 2.65. The molecule has 0 amide bonds. The van der Waals surface area contributed by atoms with E-state index in [4.69, 9.17) is 10.4 Å². The van der Waals surface area contributed by atoms with Crippen LogP contribution in [0.1, 0.15) is 0 Å². The molecular weight excluding hydrogens is 332 g/mol. The zero-order valence-electron chi connectivity index (χ0n) is 13.4. The normalized spacial score (nSPS) is 11.8. The lowest BCUT2D eigenvalue weighted by Crippen LogP contribution is -3.00. The van der Waals surface area contributed by atoms with Gasteiger partial charge in [0.2, 0.25) is 5.39 Å². The van der Waals surface area contributed by atoms with Gasteiger partial charge < -0.3 is 17.3 Å². The number of hydrogen-bond acceptors (Lipinski definition) is 3. The van der Waals surface area contributed by atoms with Crippen LogP contribution in [-0.4, -0.2) is 12.0 Å². The third-order valence-electron chi connectivity index (χ3n) is 4.78. The number of anilines is 2. The molecule has 0 saturated heterocycles. The Morgan fingerprint density at radius 1 is 0.920 bits per heavy atom. The molecule has 4 nitrogen and oxygen atoms in total. The molecule has 25 heavy (non-hydrogen) atoms. The molecule has 1 aliphatic heterocycles. The summed E-state index contributed by atoms with van der Waals surface area (Å²) in [5.41, 5.74) is 5.76. The first-order valence-electron chi connectivity index (χ1n) is 7.82. The molecule has 0 spiro atoms. The molecule has 0 saturated carbocycles. The minimum absolute atomic E-state index is 0. The van der Waals surface area contributed by atoms with Gasteiger partial charge in [0.05, 0.1) is 28.7 Å². The van der Waals surface area contributed by atoms with Gasteiger partial charge in [-0.05, 0) is 23.6 Å². The topological polar surface area (TPSA) is 44.3 Å². The molecule has 120 valence electrons. The quantitative estimate of drug-likeness (QED) is 0.364. The van der Waals surface area contributed by atoms with Gasteiger partial charge >= 0.3 is 5.69 Å². The maximum atomic E-state index is 9.08. The van der Waals surface area contributed by atoms with Crippen molar-refractivity contribution in [1.29, 1.82) is 5.39 Å². The average molecular weight is 345 g/mol. The molecule has 1 aliphatic rings. The Balaban J connectivity index is 0.00000157. The summed E-state index contributed by atoms with van der Waals surface area (Å²) in [5, 5.41) is 12.5. The zero-order chi connectivity index (χ0) is 16.3. The Morgan fingerprint density at radius 3 is 2.56 bits per heavy atom. The lowest BCUT2D eigenvalue weighted by Gasteiger charge is -2.29. The number of pyridine rings is 1. The van der Waals surface area contributed by atoms with Crippen LogP contribution in [0.3, 0.4) is 0 Å². The molecule has 3 aromatic carbocycles. The summed E-state index contributed by atoms with van der Waals surface area (Å²) in [6, 6.07) is 20.2. The van der Waals surface area contributed by atoms with Crippen molar-refractivity contribution in [1.82, 2.24) is 4.98 Å². The van der Waals surface area contributed by atoms with E-state index in [2.05, 4.69) is 47.3 Å². The standard InChI is InChI=1S/C20H13N4.ClH/c1-24-17-7-3-2-5-15(17)20-19-14(6-4-8-18(19)24)13-10-9-12(23-21)11-16(13)22-20;/h2-11H,1H3;1H/q+1;/p-1. The molecule has 0 atom stereocenters. The smallest absolute Gasteiger partial charge is 0.387 e. The van der Waals surface area contributed by atoms with Crippen molar-refractivity contribution < 1.29 is 12.4 Å². The highest BCUT2D eigenvalue weighted by Gasteiger charge is 2.24. The van der Waals surface area contributed by atoms with Gasteiger partial charge in [0, 0.05) is 29.4 Å². The third kappa shape index (κ3) is 2.00. The first kappa shape index (κ1) is 15.4. The monoisotopic (exact) mass is 344 g/mol. The van der Waals surface area contributed by atoms with Crippen molar-refractivity contribution in [3.8, 4) is 11.3 Å². The molecule has 0 bridgehead atoms. The van der Waals surface area contributed by atoms with E-state index in [1.54, 1.807) is 6.07 Å². The lowest BCUT2D eigenvalue weighted by atomic mass is 9.93. The Morgan fingerprint density at radius 2 is 1.72 bits per heavy atom. The van der Waals surface area contributed by atoms with Crippen LogP contribution in [0.5, 0.6) is 0 Å². The van der Waals surface area contributed by atoms with E-state index < -0.39 is 0 Å². The second-order valence-electron chi connectivity index (χ2n) is 6.04. The number of nitrogens with zero attached hydrogens (tertiary/aromatic N) is 4. The maximum absolute atomic E-state index is 9.08. The summed E-state index contributed by atoms with van der Waals surface area (Å²) in [6.45, 7) is 0. The van der Waals surface area contributed by atoms with Crippen molar-refractivity contribution >= 4 is 38.7 Å². The fourth-order valence-electron chi connectivity index (χ4n) is 3.66. The van der Waals surface area contributed by atoms with Crippen LogP contribution >= 0.6 is 0 Å². The van der Waals surface area contributed by atoms with E-state index in [9.17, 15) is 0 Å². The SMILES string of the molecule is CN1c2ccccc2-c2nc3cc([N+]#N)ccc3c3cccc1c23.[Cl-]. The Kier molecular flexibility index (Phi) is 3.34. The van der Waals surface area contributed by atoms with E-state index in [1.807, 2.05) is 24.3 Å². The van der Waals surface area contributed by atoms with Crippen LogP contribution in [0.4, 0.5) is 17.1 Å². The Labute approximate surface area is 150 Å². The molecule has 0 N–H and O–H groups in total. The highest BCUT2D eigenvalue weighted by Crippen LogP contribution is 2.47. The van der Waals surface area contributed by atoms with Gasteiger partial charge in [-0.25, -0.2) is 4.98 Å². The summed E-state index contributed by atoms with van der Waals surface area (Å²) in [7, 11) is 2.09. The van der Waals surface area contributed by atoms with Crippen LogP contribution in [0.25, 0.3) is 37.9 Å². The van der Waals surface area contributed by atoms with E-state index in [1.165, 1.54) is 10.8 Å². The fraction of sp³-hybridized carbons (Fsp3) is 0.0500. The molecule has 2 heterocycles. The van der Waals surface area contributed by atoms with Gasteiger partial charge in [0.1, 0.15) is 0 Å². The van der Waals surface area contributed by atoms with Crippen molar-refractivity contribution in [2.24, 2.45) is 0 Å². The van der Waals surface area contributed by atoms with E-state index in [0.29, 0.717) is 5.69 Å². The first-order chi connectivity index (χ1) is 11.8. The summed E-state index contributed by atoms with van der Waals surface area (Å²) in [6.07, 6.45) is 0. The molecule has 1 aromatic heterocycles. The van der Waals surface area contributed by atoms with E-state index in [-0.39, 0.29) is 12.4 Å². The van der Waals surface area contributed by atoms with E-state index >= 15 is 0 Å². The first-order valence-corrected chi connectivity index (χ1v) is 7.82. The van der Waals surface area contributed by atoms with Gasteiger partial charge in [0.15, 0.2) is 4.98 Å². The third-order valence-corrected chi connectivity index (χ3v) is 4.78. The number of para-hydroxylation sites is 1. The minimum Gasteiger partial charge on any atom is -1.00 e. The molecular formula is C20H13ClN4.